The van der Waals surface area contributed by atoms with E-state index in [9.17, 15) is 4.79 Å². The van der Waals surface area contributed by atoms with E-state index in [4.69, 9.17) is 26.1 Å². The Bertz CT molecular complexity index is 1030. The first-order valence-electron chi connectivity index (χ1n) is 10.2. The molecule has 0 bridgehead atoms. The summed E-state index contributed by atoms with van der Waals surface area (Å²) in [5.41, 5.74) is 2.36. The molecule has 0 saturated carbocycles. The van der Waals surface area contributed by atoms with Crippen molar-refractivity contribution in [2.24, 2.45) is 5.92 Å². The fourth-order valence-electron chi connectivity index (χ4n) is 3.82. The number of ether oxygens (including phenoxy) is 2. The molecule has 30 heavy (non-hydrogen) atoms. The number of imidazole rings is 1. The summed E-state index contributed by atoms with van der Waals surface area (Å²) in [7, 11) is 1.55. The fourth-order valence-corrected chi connectivity index (χ4v) is 4.09. The summed E-state index contributed by atoms with van der Waals surface area (Å²) in [5, 5.41) is 0.373. The molecule has 1 aliphatic rings. The van der Waals surface area contributed by atoms with E-state index in [1.54, 1.807) is 19.2 Å². The number of carbonyl (C=O) groups excluding carboxylic acids is 1. The number of aromatic nitrogens is 2. The van der Waals surface area contributed by atoms with Gasteiger partial charge in [-0.05, 0) is 43.0 Å². The first-order chi connectivity index (χ1) is 14.5. The number of amides is 1. The first-order valence-corrected chi connectivity index (χ1v) is 10.6. The standard InChI is InChI=1S/C23H26ClN3O3/c1-14(2)13-30-21-16(24)11-15(12-20(21)29-3)23(28)27-10-6-9-19(27)22-25-17-7-4-5-8-18(17)26-22/h4-5,7-8,11-12,14,19H,6,9-10,13H2,1-3H3,(H,25,26). The average Bonchev–Trinajstić information content (AvgIpc) is 3.38. The smallest absolute Gasteiger partial charge is 0.254 e. The summed E-state index contributed by atoms with van der Waals surface area (Å²) >= 11 is 6.46. The Morgan fingerprint density at radius 1 is 1.33 bits per heavy atom. The summed E-state index contributed by atoms with van der Waals surface area (Å²) in [6.07, 6.45) is 1.79. The largest absolute Gasteiger partial charge is 0.493 e. The number of carbonyl (C=O) groups is 1. The van der Waals surface area contributed by atoms with Gasteiger partial charge in [0.2, 0.25) is 0 Å². The van der Waals surface area contributed by atoms with Gasteiger partial charge in [0.25, 0.3) is 5.91 Å². The van der Waals surface area contributed by atoms with Gasteiger partial charge in [0.1, 0.15) is 5.82 Å². The Morgan fingerprint density at radius 3 is 2.87 bits per heavy atom. The predicted molar refractivity (Wildman–Crippen MR) is 117 cm³/mol. The molecule has 1 unspecified atom stereocenters. The lowest BCUT2D eigenvalue weighted by Crippen LogP contribution is -2.31. The molecule has 1 saturated heterocycles. The summed E-state index contributed by atoms with van der Waals surface area (Å²) in [6, 6.07) is 11.2. The molecule has 0 radical (unpaired) electrons. The van der Waals surface area contributed by atoms with Gasteiger partial charge in [-0.15, -0.1) is 0 Å². The summed E-state index contributed by atoms with van der Waals surface area (Å²) in [5.74, 6) is 2.01. The Morgan fingerprint density at radius 2 is 2.13 bits per heavy atom. The molecule has 1 aromatic heterocycles. The first kappa shape index (κ1) is 20.5. The molecule has 0 spiro atoms. The SMILES string of the molecule is COc1cc(C(=O)N2CCCC2c2nc3ccccc3[nH]2)cc(Cl)c1OCC(C)C. The molecule has 3 aromatic rings. The van der Waals surface area contributed by atoms with Gasteiger partial charge in [0.05, 0.1) is 35.8 Å². The van der Waals surface area contributed by atoms with E-state index in [0.717, 1.165) is 29.7 Å². The average molecular weight is 428 g/mol. The molecule has 0 aliphatic carbocycles. The van der Waals surface area contributed by atoms with Crippen molar-refractivity contribution >= 4 is 28.5 Å². The van der Waals surface area contributed by atoms with Gasteiger partial charge >= 0.3 is 0 Å². The van der Waals surface area contributed by atoms with Crippen LogP contribution in [0.25, 0.3) is 11.0 Å². The highest BCUT2D eigenvalue weighted by Crippen LogP contribution is 2.39. The van der Waals surface area contributed by atoms with Gasteiger partial charge in [-0.3, -0.25) is 4.79 Å². The molecule has 7 heteroatoms. The minimum absolute atomic E-state index is 0.0893. The van der Waals surface area contributed by atoms with Gasteiger partial charge in [0.15, 0.2) is 11.5 Å². The second-order valence-corrected chi connectivity index (χ2v) is 8.40. The lowest BCUT2D eigenvalue weighted by atomic mass is 10.1. The zero-order chi connectivity index (χ0) is 21.3. The predicted octanol–water partition coefficient (Wildman–Crippen LogP) is 5.24. The third kappa shape index (κ3) is 3.97. The highest BCUT2D eigenvalue weighted by molar-refractivity contribution is 6.32. The maximum Gasteiger partial charge on any atom is 0.254 e. The number of H-pyrrole nitrogens is 1. The number of benzene rings is 2. The number of likely N-dealkylation sites (tertiary alicyclic amines) is 1. The number of hydrogen-bond donors (Lipinski definition) is 1. The van der Waals surface area contributed by atoms with Crippen LogP contribution in [0, 0.1) is 5.92 Å². The van der Waals surface area contributed by atoms with Crippen LogP contribution in [-0.2, 0) is 0 Å². The zero-order valence-corrected chi connectivity index (χ0v) is 18.2. The molecule has 1 atom stereocenters. The number of fused-ring (bicyclic) bond motifs is 1. The molecule has 2 heterocycles. The minimum atomic E-state index is -0.0912. The lowest BCUT2D eigenvalue weighted by Gasteiger charge is -2.24. The van der Waals surface area contributed by atoms with Crippen LogP contribution in [0.3, 0.4) is 0 Å². The summed E-state index contributed by atoms with van der Waals surface area (Å²) < 4.78 is 11.3. The number of nitrogens with one attached hydrogen (secondary N) is 1. The van der Waals surface area contributed by atoms with E-state index < -0.39 is 0 Å². The molecule has 4 rings (SSSR count). The van der Waals surface area contributed by atoms with E-state index >= 15 is 0 Å². The molecular formula is C23H26ClN3O3. The second kappa shape index (κ2) is 8.56. The van der Waals surface area contributed by atoms with Crippen molar-refractivity contribution in [1.82, 2.24) is 14.9 Å². The molecular weight excluding hydrogens is 402 g/mol. The molecule has 1 fully saturated rings. The number of methoxy groups -OCH3 is 1. The van der Waals surface area contributed by atoms with Crippen LogP contribution in [0.5, 0.6) is 11.5 Å². The minimum Gasteiger partial charge on any atom is -0.493 e. The second-order valence-electron chi connectivity index (χ2n) is 7.99. The Hall–Kier alpha value is -2.73. The fraction of sp³-hybridized carbons (Fsp3) is 0.391. The van der Waals surface area contributed by atoms with Crippen molar-refractivity contribution in [3.63, 3.8) is 0 Å². The van der Waals surface area contributed by atoms with Crippen molar-refractivity contribution in [2.75, 3.05) is 20.3 Å². The molecule has 2 aromatic carbocycles. The van der Waals surface area contributed by atoms with Crippen molar-refractivity contribution in [3.8, 4) is 11.5 Å². The quantitative estimate of drug-likeness (QED) is 0.584. The Labute approximate surface area is 181 Å². The van der Waals surface area contributed by atoms with Crippen LogP contribution >= 0.6 is 11.6 Å². The van der Waals surface area contributed by atoms with Gasteiger partial charge in [-0.2, -0.15) is 0 Å². The molecule has 6 nitrogen and oxygen atoms in total. The van der Waals surface area contributed by atoms with E-state index in [1.807, 2.05) is 29.2 Å². The van der Waals surface area contributed by atoms with E-state index in [2.05, 4.69) is 18.8 Å². The van der Waals surface area contributed by atoms with Crippen molar-refractivity contribution in [3.05, 3.63) is 52.8 Å². The van der Waals surface area contributed by atoms with Crippen LogP contribution in [0.1, 0.15) is 48.9 Å². The van der Waals surface area contributed by atoms with Gasteiger partial charge in [0, 0.05) is 12.1 Å². The summed E-state index contributed by atoms with van der Waals surface area (Å²) in [6.45, 7) is 5.31. The number of hydrogen-bond acceptors (Lipinski definition) is 4. The van der Waals surface area contributed by atoms with E-state index in [1.165, 1.54) is 0 Å². The van der Waals surface area contributed by atoms with Crippen molar-refractivity contribution in [1.29, 1.82) is 0 Å². The highest BCUT2D eigenvalue weighted by atomic mass is 35.5. The molecule has 1 N–H and O–H groups in total. The van der Waals surface area contributed by atoms with Crippen LogP contribution in [-0.4, -0.2) is 41.0 Å². The number of rotatable bonds is 6. The Kier molecular flexibility index (Phi) is 5.86. The number of nitrogens with zero attached hydrogens (tertiary/aromatic N) is 2. The Balaban J connectivity index is 1.62. The molecule has 1 aliphatic heterocycles. The summed E-state index contributed by atoms with van der Waals surface area (Å²) in [4.78, 5) is 23.3. The van der Waals surface area contributed by atoms with Gasteiger partial charge in [-0.25, -0.2) is 4.98 Å². The monoisotopic (exact) mass is 427 g/mol. The van der Waals surface area contributed by atoms with Gasteiger partial charge < -0.3 is 19.4 Å². The number of halogens is 1. The zero-order valence-electron chi connectivity index (χ0n) is 17.4. The van der Waals surface area contributed by atoms with Crippen LogP contribution in [0.2, 0.25) is 5.02 Å². The normalized spacial score (nSPS) is 16.4. The molecule has 1 amide bonds. The van der Waals surface area contributed by atoms with Gasteiger partial charge in [-0.1, -0.05) is 37.6 Å². The topological polar surface area (TPSA) is 67.5 Å². The number of aromatic amines is 1. The molecule has 158 valence electrons. The van der Waals surface area contributed by atoms with E-state index in [0.29, 0.717) is 41.2 Å². The third-order valence-electron chi connectivity index (χ3n) is 5.27. The maximum absolute atomic E-state index is 13.4. The van der Waals surface area contributed by atoms with E-state index in [-0.39, 0.29) is 11.9 Å². The van der Waals surface area contributed by atoms with Crippen LogP contribution in [0.4, 0.5) is 0 Å². The van der Waals surface area contributed by atoms with Crippen LogP contribution in [0.15, 0.2) is 36.4 Å². The third-order valence-corrected chi connectivity index (χ3v) is 5.56. The number of para-hydroxylation sites is 2. The van der Waals surface area contributed by atoms with Crippen molar-refractivity contribution in [2.45, 2.75) is 32.7 Å². The lowest BCUT2D eigenvalue weighted by molar-refractivity contribution is 0.0730. The van der Waals surface area contributed by atoms with Crippen molar-refractivity contribution < 1.29 is 14.3 Å². The van der Waals surface area contributed by atoms with Crippen LogP contribution < -0.4 is 9.47 Å². The highest BCUT2D eigenvalue weighted by Gasteiger charge is 2.33. The maximum atomic E-state index is 13.4.